The van der Waals surface area contributed by atoms with Crippen molar-refractivity contribution in [3.05, 3.63) is 42.4 Å². The summed E-state index contributed by atoms with van der Waals surface area (Å²) in [6.07, 6.45) is -2.29. The van der Waals surface area contributed by atoms with Gasteiger partial charge in [0.25, 0.3) is 5.91 Å². The number of benzene rings is 1. The highest BCUT2D eigenvalue weighted by atomic mass is 19.4. The Balaban J connectivity index is 1.94. The number of carbonyl (C=O) groups excluding carboxylic acids is 1. The van der Waals surface area contributed by atoms with Gasteiger partial charge in [0.05, 0.1) is 18.4 Å². The van der Waals surface area contributed by atoms with Gasteiger partial charge in [-0.15, -0.1) is 13.2 Å². The molecule has 0 aliphatic carbocycles. The van der Waals surface area contributed by atoms with E-state index in [-0.39, 0.29) is 28.6 Å². The maximum Gasteiger partial charge on any atom is 0.573 e. The van der Waals surface area contributed by atoms with Gasteiger partial charge in [-0.3, -0.25) is 9.48 Å². The van der Waals surface area contributed by atoms with Crippen molar-refractivity contribution < 1.29 is 27.4 Å². The monoisotopic (exact) mass is 422 g/mol. The molecule has 0 spiro atoms. The minimum absolute atomic E-state index is 0.0155. The minimum atomic E-state index is -4.92. The van der Waals surface area contributed by atoms with Crippen LogP contribution in [0, 0.1) is 0 Å². The van der Waals surface area contributed by atoms with Gasteiger partial charge in [-0.2, -0.15) is 5.10 Å². The number of nitrogens with zero attached hydrogens (tertiary/aromatic N) is 4. The number of carbonyl (C=O) groups is 1. The van der Waals surface area contributed by atoms with E-state index in [2.05, 4.69) is 25.1 Å². The SMILES string of the molecule is CCOc1ccc(OC(F)(F)F)c(-c2ncc(NC(=O)c3ccnn3C)nc2N)c1. The third kappa shape index (κ3) is 4.77. The quantitative estimate of drug-likeness (QED) is 0.627. The lowest BCUT2D eigenvalue weighted by molar-refractivity contribution is -0.274. The second-order valence-electron chi connectivity index (χ2n) is 5.92. The summed E-state index contributed by atoms with van der Waals surface area (Å²) in [6, 6.07) is 5.26. The number of anilines is 2. The van der Waals surface area contributed by atoms with Gasteiger partial charge < -0.3 is 20.5 Å². The number of hydrogen-bond acceptors (Lipinski definition) is 7. The average molecular weight is 422 g/mol. The van der Waals surface area contributed by atoms with Crippen LogP contribution in [0.5, 0.6) is 11.5 Å². The molecule has 1 aromatic carbocycles. The molecule has 0 aliphatic heterocycles. The zero-order valence-electron chi connectivity index (χ0n) is 15.9. The first-order valence-electron chi connectivity index (χ1n) is 8.62. The van der Waals surface area contributed by atoms with E-state index in [4.69, 9.17) is 10.5 Å². The molecule has 12 heteroatoms. The fraction of sp³-hybridized carbons (Fsp3) is 0.222. The number of halogens is 3. The maximum absolute atomic E-state index is 12.8. The highest BCUT2D eigenvalue weighted by molar-refractivity contribution is 6.02. The molecule has 3 rings (SSSR count). The Morgan fingerprint density at radius 3 is 2.67 bits per heavy atom. The smallest absolute Gasteiger partial charge is 0.494 e. The zero-order valence-corrected chi connectivity index (χ0v) is 15.9. The fourth-order valence-electron chi connectivity index (χ4n) is 2.61. The Kier molecular flexibility index (Phi) is 5.76. The molecule has 0 unspecified atom stereocenters. The second-order valence-corrected chi connectivity index (χ2v) is 5.92. The number of nitrogens with two attached hydrogens (primary N) is 1. The summed E-state index contributed by atoms with van der Waals surface area (Å²) in [7, 11) is 1.59. The van der Waals surface area contributed by atoms with Crippen LogP contribution in [-0.4, -0.2) is 38.6 Å². The molecule has 2 aromatic heterocycles. The Hall–Kier alpha value is -3.83. The van der Waals surface area contributed by atoms with Crippen LogP contribution >= 0.6 is 0 Å². The summed E-state index contributed by atoms with van der Waals surface area (Å²) in [5, 5.41) is 6.39. The summed E-state index contributed by atoms with van der Waals surface area (Å²) >= 11 is 0. The summed E-state index contributed by atoms with van der Waals surface area (Å²) in [6.45, 7) is 2.03. The number of aromatic nitrogens is 4. The molecule has 1 amide bonds. The molecule has 9 nitrogen and oxygen atoms in total. The lowest BCUT2D eigenvalue weighted by atomic mass is 10.1. The standard InChI is InChI=1S/C18H17F3N6O3/c1-3-29-10-4-5-13(30-18(19,20)21)11(8-10)15-16(22)25-14(9-23-15)26-17(28)12-6-7-24-27(12)2/h4-9H,3H2,1-2H3,(H3,22,25,26,28). The summed E-state index contributed by atoms with van der Waals surface area (Å²) in [5.41, 5.74) is 6.06. The Morgan fingerprint density at radius 1 is 1.30 bits per heavy atom. The molecule has 0 aliphatic rings. The highest BCUT2D eigenvalue weighted by Crippen LogP contribution is 2.37. The zero-order chi connectivity index (χ0) is 21.9. The van der Waals surface area contributed by atoms with Crippen LogP contribution in [0.3, 0.4) is 0 Å². The fourth-order valence-corrected chi connectivity index (χ4v) is 2.61. The first kappa shape index (κ1) is 20.9. The lowest BCUT2D eigenvalue weighted by Crippen LogP contribution is -2.18. The molecule has 0 radical (unpaired) electrons. The van der Waals surface area contributed by atoms with Gasteiger partial charge in [0, 0.05) is 13.2 Å². The van der Waals surface area contributed by atoms with Crippen LogP contribution in [-0.2, 0) is 7.05 Å². The molecule has 3 N–H and O–H groups in total. The predicted octanol–water partition coefficient (Wildman–Crippen LogP) is 3.01. The van der Waals surface area contributed by atoms with Crippen molar-refractivity contribution in [2.45, 2.75) is 13.3 Å². The molecule has 0 saturated heterocycles. The number of ether oxygens (including phenoxy) is 2. The molecule has 158 valence electrons. The summed E-state index contributed by atoms with van der Waals surface area (Å²) in [4.78, 5) is 20.3. The van der Waals surface area contributed by atoms with Crippen molar-refractivity contribution in [2.75, 3.05) is 17.7 Å². The number of aryl methyl sites for hydroxylation is 1. The summed E-state index contributed by atoms with van der Waals surface area (Å²) < 4.78 is 49.1. The molecule has 0 bridgehead atoms. The number of amides is 1. The molecule has 3 aromatic rings. The summed E-state index contributed by atoms with van der Waals surface area (Å²) in [5.74, 6) is -0.911. The number of hydrogen-bond donors (Lipinski definition) is 2. The van der Waals surface area contributed by atoms with Crippen molar-refractivity contribution in [1.29, 1.82) is 0 Å². The normalized spacial score (nSPS) is 11.2. The lowest BCUT2D eigenvalue weighted by Gasteiger charge is -2.15. The van der Waals surface area contributed by atoms with E-state index in [1.54, 1.807) is 14.0 Å². The Morgan fingerprint density at radius 2 is 2.07 bits per heavy atom. The predicted molar refractivity (Wildman–Crippen MR) is 101 cm³/mol. The number of rotatable bonds is 6. The Labute approximate surface area is 168 Å². The highest BCUT2D eigenvalue weighted by Gasteiger charge is 2.33. The van der Waals surface area contributed by atoms with Crippen LogP contribution in [0.2, 0.25) is 0 Å². The van der Waals surface area contributed by atoms with E-state index in [1.165, 1.54) is 35.3 Å². The van der Waals surface area contributed by atoms with Gasteiger partial charge in [0.15, 0.2) is 11.6 Å². The van der Waals surface area contributed by atoms with Gasteiger partial charge in [0.1, 0.15) is 22.9 Å². The van der Waals surface area contributed by atoms with Crippen molar-refractivity contribution in [3.63, 3.8) is 0 Å². The van der Waals surface area contributed by atoms with Gasteiger partial charge in [-0.25, -0.2) is 9.97 Å². The van der Waals surface area contributed by atoms with Crippen LogP contribution in [0.25, 0.3) is 11.3 Å². The first-order valence-corrected chi connectivity index (χ1v) is 8.62. The van der Waals surface area contributed by atoms with Crippen LogP contribution in [0.1, 0.15) is 17.4 Å². The van der Waals surface area contributed by atoms with E-state index in [9.17, 15) is 18.0 Å². The number of alkyl halides is 3. The minimum Gasteiger partial charge on any atom is -0.494 e. The van der Waals surface area contributed by atoms with Crippen molar-refractivity contribution in [3.8, 4) is 22.8 Å². The average Bonchev–Trinajstić information content (AvgIpc) is 3.08. The third-order valence-electron chi connectivity index (χ3n) is 3.84. The van der Waals surface area contributed by atoms with Gasteiger partial charge in [0.2, 0.25) is 0 Å². The maximum atomic E-state index is 12.8. The van der Waals surface area contributed by atoms with Crippen molar-refractivity contribution >= 4 is 17.5 Å². The van der Waals surface area contributed by atoms with E-state index >= 15 is 0 Å². The molecule has 0 atom stereocenters. The molecule has 30 heavy (non-hydrogen) atoms. The Bertz CT molecular complexity index is 1070. The number of nitrogen functional groups attached to an aromatic ring is 1. The second kappa shape index (κ2) is 8.27. The number of nitrogens with one attached hydrogen (secondary N) is 1. The molecular weight excluding hydrogens is 405 g/mol. The largest absolute Gasteiger partial charge is 0.573 e. The van der Waals surface area contributed by atoms with E-state index in [0.717, 1.165) is 6.07 Å². The van der Waals surface area contributed by atoms with Crippen molar-refractivity contribution in [2.24, 2.45) is 7.05 Å². The van der Waals surface area contributed by atoms with Crippen molar-refractivity contribution in [1.82, 2.24) is 19.7 Å². The topological polar surface area (TPSA) is 117 Å². The van der Waals surface area contributed by atoms with Crippen LogP contribution < -0.4 is 20.5 Å². The van der Waals surface area contributed by atoms with E-state index in [1.807, 2.05) is 0 Å². The van der Waals surface area contributed by atoms with Gasteiger partial charge in [-0.1, -0.05) is 0 Å². The molecule has 0 saturated carbocycles. The van der Waals surface area contributed by atoms with Gasteiger partial charge >= 0.3 is 6.36 Å². The van der Waals surface area contributed by atoms with Gasteiger partial charge in [-0.05, 0) is 31.2 Å². The third-order valence-corrected chi connectivity index (χ3v) is 3.84. The molecular formula is C18H17F3N6O3. The molecule has 2 heterocycles. The van der Waals surface area contributed by atoms with Crippen LogP contribution in [0.4, 0.5) is 24.8 Å². The van der Waals surface area contributed by atoms with Crippen LogP contribution in [0.15, 0.2) is 36.7 Å². The van der Waals surface area contributed by atoms with E-state index in [0.29, 0.717) is 12.4 Å². The molecule has 0 fully saturated rings. The van der Waals surface area contributed by atoms with E-state index < -0.39 is 18.0 Å². The first-order chi connectivity index (χ1) is 14.2.